The van der Waals surface area contributed by atoms with E-state index in [-0.39, 0.29) is 22.9 Å². The fraction of sp³-hybridized carbons (Fsp3) is 0.529. The molecular formula is C17H26N4O5S. The normalized spacial score (nSPS) is 15.5. The Labute approximate surface area is 159 Å². The predicted molar refractivity (Wildman–Crippen MR) is 99.9 cm³/mol. The highest BCUT2D eigenvalue weighted by Crippen LogP contribution is 2.14. The summed E-state index contributed by atoms with van der Waals surface area (Å²) in [5.41, 5.74) is 0.180. The van der Waals surface area contributed by atoms with Gasteiger partial charge >= 0.3 is 0 Å². The molecule has 1 heterocycles. The summed E-state index contributed by atoms with van der Waals surface area (Å²) in [7, 11) is -0.787. The second kappa shape index (κ2) is 9.79. The van der Waals surface area contributed by atoms with E-state index >= 15 is 0 Å². The zero-order chi connectivity index (χ0) is 19.9. The van der Waals surface area contributed by atoms with Gasteiger partial charge in [-0.1, -0.05) is 6.07 Å². The topological polar surface area (TPSA) is 108 Å². The Morgan fingerprint density at radius 1 is 1.19 bits per heavy atom. The molecule has 10 heteroatoms. The molecule has 1 aromatic carbocycles. The average molecular weight is 398 g/mol. The molecule has 0 radical (unpaired) electrons. The summed E-state index contributed by atoms with van der Waals surface area (Å²) >= 11 is 0. The first-order valence-electron chi connectivity index (χ1n) is 8.68. The number of morpholine rings is 1. The molecule has 0 bridgehead atoms. The monoisotopic (exact) mass is 398 g/mol. The van der Waals surface area contributed by atoms with Crippen LogP contribution in [0.1, 0.15) is 10.4 Å². The van der Waals surface area contributed by atoms with Crippen molar-refractivity contribution < 1.29 is 22.7 Å². The van der Waals surface area contributed by atoms with Gasteiger partial charge in [-0.3, -0.25) is 14.5 Å². The first-order chi connectivity index (χ1) is 12.8. The number of nitrogens with zero attached hydrogens (tertiary/aromatic N) is 2. The number of carbonyl (C=O) groups excluding carboxylic acids is 2. The van der Waals surface area contributed by atoms with Crippen molar-refractivity contribution in [3.63, 3.8) is 0 Å². The molecule has 150 valence electrons. The molecule has 0 spiro atoms. The molecule has 9 nitrogen and oxygen atoms in total. The third kappa shape index (κ3) is 6.28. The average Bonchev–Trinajstić information content (AvgIpc) is 2.67. The number of hydrogen-bond acceptors (Lipinski definition) is 6. The van der Waals surface area contributed by atoms with Crippen LogP contribution in [0, 0.1) is 0 Å². The SMILES string of the molecule is CN(C)S(=O)(=O)c1cccc(C(=O)NCC(=O)NCCN2CCOCC2)c1. The van der Waals surface area contributed by atoms with E-state index in [1.165, 1.54) is 38.4 Å². The van der Waals surface area contributed by atoms with Crippen LogP contribution in [-0.4, -0.2) is 89.5 Å². The van der Waals surface area contributed by atoms with Gasteiger partial charge in [0.1, 0.15) is 0 Å². The number of benzene rings is 1. The second-order valence-corrected chi connectivity index (χ2v) is 8.45. The lowest BCUT2D eigenvalue weighted by Gasteiger charge is -2.26. The van der Waals surface area contributed by atoms with E-state index in [1.54, 1.807) is 0 Å². The fourth-order valence-corrected chi connectivity index (χ4v) is 3.46. The van der Waals surface area contributed by atoms with E-state index in [4.69, 9.17) is 4.74 Å². The number of hydrogen-bond donors (Lipinski definition) is 2. The molecule has 2 N–H and O–H groups in total. The molecule has 1 fully saturated rings. The zero-order valence-electron chi connectivity index (χ0n) is 15.6. The molecule has 1 saturated heterocycles. The molecule has 0 aliphatic carbocycles. The lowest BCUT2D eigenvalue weighted by atomic mass is 10.2. The van der Waals surface area contributed by atoms with E-state index < -0.39 is 15.9 Å². The third-order valence-electron chi connectivity index (χ3n) is 4.14. The fourth-order valence-electron chi connectivity index (χ4n) is 2.51. The van der Waals surface area contributed by atoms with Crippen LogP contribution in [-0.2, 0) is 19.6 Å². The maximum atomic E-state index is 12.2. The molecule has 27 heavy (non-hydrogen) atoms. The van der Waals surface area contributed by atoms with E-state index in [0.29, 0.717) is 19.8 Å². The van der Waals surface area contributed by atoms with Crippen LogP contribution in [0.15, 0.2) is 29.2 Å². The van der Waals surface area contributed by atoms with Crippen LogP contribution in [0.2, 0.25) is 0 Å². The highest BCUT2D eigenvalue weighted by atomic mass is 32.2. The molecule has 2 amide bonds. The third-order valence-corrected chi connectivity index (χ3v) is 5.95. The summed E-state index contributed by atoms with van der Waals surface area (Å²) in [4.78, 5) is 26.3. The number of carbonyl (C=O) groups is 2. The Kier molecular flexibility index (Phi) is 7.72. The molecule has 1 aromatic rings. The van der Waals surface area contributed by atoms with Crippen LogP contribution in [0.4, 0.5) is 0 Å². The standard InChI is InChI=1S/C17H26N4O5S/c1-20(2)27(24,25)15-5-3-4-14(12-15)17(23)19-13-16(22)18-6-7-21-8-10-26-11-9-21/h3-5,12H,6-11,13H2,1-2H3,(H,18,22)(H,19,23). The molecule has 0 unspecified atom stereocenters. The number of sulfonamides is 1. The first kappa shape index (κ1) is 21.3. The van der Waals surface area contributed by atoms with Gasteiger partial charge in [0.25, 0.3) is 5.91 Å². The lowest BCUT2D eigenvalue weighted by molar-refractivity contribution is -0.120. The van der Waals surface area contributed by atoms with Gasteiger partial charge in [0.05, 0.1) is 24.7 Å². The maximum absolute atomic E-state index is 12.2. The van der Waals surface area contributed by atoms with Gasteiger partial charge in [-0.25, -0.2) is 12.7 Å². The Balaban J connectivity index is 1.80. The Hall–Kier alpha value is -2.01. The quantitative estimate of drug-likeness (QED) is 0.589. The summed E-state index contributed by atoms with van der Waals surface area (Å²) in [5, 5.41) is 5.25. The number of nitrogens with one attached hydrogen (secondary N) is 2. The van der Waals surface area contributed by atoms with Crippen LogP contribution in [0.3, 0.4) is 0 Å². The Morgan fingerprint density at radius 3 is 2.56 bits per heavy atom. The second-order valence-electron chi connectivity index (χ2n) is 6.30. The van der Waals surface area contributed by atoms with E-state index in [2.05, 4.69) is 15.5 Å². The van der Waals surface area contributed by atoms with Crippen LogP contribution in [0.5, 0.6) is 0 Å². The van der Waals surface area contributed by atoms with E-state index in [9.17, 15) is 18.0 Å². The van der Waals surface area contributed by atoms with E-state index in [1.807, 2.05) is 0 Å². The van der Waals surface area contributed by atoms with Gasteiger partial charge in [-0.15, -0.1) is 0 Å². The highest BCUT2D eigenvalue weighted by Gasteiger charge is 2.19. The summed E-state index contributed by atoms with van der Waals surface area (Å²) < 4.78 is 30.6. The van der Waals surface area contributed by atoms with Crippen molar-refractivity contribution in [2.75, 3.05) is 60.0 Å². The number of rotatable bonds is 8. The van der Waals surface area contributed by atoms with Crippen molar-refractivity contribution in [1.82, 2.24) is 19.8 Å². The van der Waals surface area contributed by atoms with Gasteiger partial charge in [-0.05, 0) is 18.2 Å². The predicted octanol–water partition coefficient (Wildman–Crippen LogP) is -0.885. The number of ether oxygens (including phenoxy) is 1. The molecule has 0 atom stereocenters. The van der Waals surface area contributed by atoms with Gasteiger partial charge in [0, 0.05) is 45.8 Å². The summed E-state index contributed by atoms with van der Waals surface area (Å²) in [6.45, 7) is 4.14. The minimum Gasteiger partial charge on any atom is -0.379 e. The minimum atomic E-state index is -3.63. The van der Waals surface area contributed by atoms with Gasteiger partial charge < -0.3 is 15.4 Å². The summed E-state index contributed by atoms with van der Waals surface area (Å²) in [6, 6.07) is 5.71. The molecule has 1 aliphatic rings. The molecule has 0 saturated carbocycles. The summed E-state index contributed by atoms with van der Waals surface area (Å²) in [5.74, 6) is -0.803. The van der Waals surface area contributed by atoms with Crippen LogP contribution in [0.25, 0.3) is 0 Å². The van der Waals surface area contributed by atoms with Crippen molar-refractivity contribution in [2.45, 2.75) is 4.90 Å². The van der Waals surface area contributed by atoms with Crippen molar-refractivity contribution in [3.05, 3.63) is 29.8 Å². The lowest BCUT2D eigenvalue weighted by Crippen LogP contribution is -2.43. The van der Waals surface area contributed by atoms with Crippen LogP contribution >= 0.6 is 0 Å². The highest BCUT2D eigenvalue weighted by molar-refractivity contribution is 7.89. The zero-order valence-corrected chi connectivity index (χ0v) is 16.4. The maximum Gasteiger partial charge on any atom is 0.251 e. The smallest absolute Gasteiger partial charge is 0.251 e. The summed E-state index contributed by atoms with van der Waals surface area (Å²) in [6.07, 6.45) is 0. The van der Waals surface area contributed by atoms with Gasteiger partial charge in [0.15, 0.2) is 0 Å². The first-order valence-corrected chi connectivity index (χ1v) is 10.1. The van der Waals surface area contributed by atoms with Crippen LogP contribution < -0.4 is 10.6 Å². The van der Waals surface area contributed by atoms with Crippen molar-refractivity contribution in [3.8, 4) is 0 Å². The van der Waals surface area contributed by atoms with Gasteiger partial charge in [-0.2, -0.15) is 0 Å². The number of amides is 2. The van der Waals surface area contributed by atoms with Crippen molar-refractivity contribution in [1.29, 1.82) is 0 Å². The van der Waals surface area contributed by atoms with E-state index in [0.717, 1.165) is 23.9 Å². The molecule has 2 rings (SSSR count). The molecule has 0 aromatic heterocycles. The molecule has 1 aliphatic heterocycles. The Morgan fingerprint density at radius 2 is 1.89 bits per heavy atom. The minimum absolute atomic E-state index is 0.0233. The van der Waals surface area contributed by atoms with Crippen molar-refractivity contribution >= 4 is 21.8 Å². The molecular weight excluding hydrogens is 372 g/mol. The largest absolute Gasteiger partial charge is 0.379 e. The Bertz CT molecular complexity index is 760. The van der Waals surface area contributed by atoms with Crippen molar-refractivity contribution in [2.24, 2.45) is 0 Å². The van der Waals surface area contributed by atoms with Gasteiger partial charge in [0.2, 0.25) is 15.9 Å².